The van der Waals surface area contributed by atoms with E-state index in [0.29, 0.717) is 0 Å². The molecule has 0 nitrogen and oxygen atoms in total. The van der Waals surface area contributed by atoms with Crippen LogP contribution in [0.3, 0.4) is 0 Å². The fourth-order valence-electron chi connectivity index (χ4n) is 0. The van der Waals surface area contributed by atoms with E-state index in [2.05, 4.69) is 0 Å². The molecule has 0 spiro atoms. The summed E-state index contributed by atoms with van der Waals surface area (Å²) in [7, 11) is 0. The molecular formula is H8Ca2Mg2. The van der Waals surface area contributed by atoms with Gasteiger partial charge in [-0.15, -0.1) is 0 Å². The molecule has 0 radical (unpaired) electrons. The van der Waals surface area contributed by atoms with Crippen molar-refractivity contribution in [2.24, 2.45) is 0 Å². The van der Waals surface area contributed by atoms with Gasteiger partial charge in [0.2, 0.25) is 0 Å². The molecule has 0 unspecified atom stereocenters. The van der Waals surface area contributed by atoms with Crippen LogP contribution in [0.5, 0.6) is 0 Å². The van der Waals surface area contributed by atoms with Crippen molar-refractivity contribution in [3.63, 3.8) is 0 Å². The molecule has 0 heterocycles. The summed E-state index contributed by atoms with van der Waals surface area (Å²) >= 11 is 0. The molecule has 16 valence electrons. The van der Waals surface area contributed by atoms with Gasteiger partial charge >= 0.3 is 122 Å². The van der Waals surface area contributed by atoms with Gasteiger partial charge in [-0.2, -0.15) is 0 Å². The zero-order valence-corrected chi connectivity index (χ0v) is 10.1. The molecule has 0 fully saturated rings. The molecule has 0 saturated carbocycles. The Hall–Kier alpha value is 4.05. The van der Waals surface area contributed by atoms with Crippen LogP contribution in [0, 0.1) is 0 Å². The van der Waals surface area contributed by atoms with Crippen LogP contribution in [0.15, 0.2) is 0 Å². The van der Waals surface area contributed by atoms with E-state index in [4.69, 9.17) is 0 Å². The predicted molar refractivity (Wildman–Crippen MR) is 31.9 cm³/mol. The fraction of sp³-hybridized carbons (Fsp3) is 0. The maximum absolute atomic E-state index is 0. The number of rotatable bonds is 0. The first kappa shape index (κ1) is 24.4. The summed E-state index contributed by atoms with van der Waals surface area (Å²) in [6.45, 7) is 0. The van der Waals surface area contributed by atoms with E-state index < -0.39 is 0 Å². The van der Waals surface area contributed by atoms with Gasteiger partial charge in [-0.05, 0) is 0 Å². The average molecular weight is 137 g/mol. The SMILES string of the molecule is [Ca+2].[Ca+2].[H-].[H-].[H-].[H-].[H-].[H-].[H-].[H-].[Mg+2].[Mg+2]. The Balaban J connectivity index is 0. The topological polar surface area (TPSA) is 0 Å². The van der Waals surface area contributed by atoms with E-state index in [0.717, 1.165) is 0 Å². The zero-order chi connectivity index (χ0) is 0. The van der Waals surface area contributed by atoms with Crippen molar-refractivity contribution in [2.45, 2.75) is 0 Å². The van der Waals surface area contributed by atoms with Gasteiger partial charge in [0.25, 0.3) is 0 Å². The largest absolute Gasteiger partial charge is 2.00 e. The Labute approximate surface area is 130 Å². The number of hydrogen-bond donors (Lipinski definition) is 0. The van der Waals surface area contributed by atoms with Gasteiger partial charge in [-0.3, -0.25) is 0 Å². The van der Waals surface area contributed by atoms with E-state index in [1.54, 1.807) is 0 Å². The van der Waals surface area contributed by atoms with Crippen LogP contribution in [-0.2, 0) is 0 Å². The predicted octanol–water partition coefficient (Wildman–Crippen LogP) is -0.623. The van der Waals surface area contributed by atoms with Crippen molar-refractivity contribution in [3.8, 4) is 0 Å². The molecule has 0 aliphatic carbocycles. The molecule has 4 heavy (non-hydrogen) atoms. The van der Waals surface area contributed by atoms with Gasteiger partial charge in [0, 0.05) is 0 Å². The third-order valence-electron chi connectivity index (χ3n) is 0. The molecule has 4 heteroatoms. The molecule has 0 rings (SSSR count). The first-order valence-corrected chi connectivity index (χ1v) is 0. The van der Waals surface area contributed by atoms with Gasteiger partial charge in [0.05, 0.1) is 0 Å². The fourth-order valence-corrected chi connectivity index (χ4v) is 0. The summed E-state index contributed by atoms with van der Waals surface area (Å²) in [5, 5.41) is 0. The monoisotopic (exact) mass is 136 g/mol. The average Bonchev–Trinajstić information content (AvgIpc) is 0. The van der Waals surface area contributed by atoms with Crippen LogP contribution in [0.4, 0.5) is 0 Å². The van der Waals surface area contributed by atoms with Crippen molar-refractivity contribution < 1.29 is 11.4 Å². The summed E-state index contributed by atoms with van der Waals surface area (Å²) in [4.78, 5) is 0. The minimum atomic E-state index is 0. The molecule has 0 amide bonds. The van der Waals surface area contributed by atoms with Crippen LogP contribution in [0.25, 0.3) is 0 Å². The molecule has 0 aromatic rings. The quantitative estimate of drug-likeness (QED) is 0.390. The van der Waals surface area contributed by atoms with Crippen molar-refractivity contribution in [2.75, 3.05) is 0 Å². The second-order valence-corrected chi connectivity index (χ2v) is 0. The van der Waals surface area contributed by atoms with Crippen LogP contribution < -0.4 is 0 Å². The van der Waals surface area contributed by atoms with Crippen molar-refractivity contribution in [1.29, 1.82) is 0 Å². The minimum absolute atomic E-state index is 0. The van der Waals surface area contributed by atoms with Crippen LogP contribution in [0.2, 0.25) is 0 Å². The van der Waals surface area contributed by atoms with Gasteiger partial charge < -0.3 is 11.4 Å². The van der Waals surface area contributed by atoms with Crippen LogP contribution in [0.1, 0.15) is 11.4 Å². The van der Waals surface area contributed by atoms with Crippen molar-refractivity contribution in [3.05, 3.63) is 0 Å². The maximum Gasteiger partial charge on any atom is 2.00 e. The zero-order valence-electron chi connectivity index (χ0n) is 10.8. The van der Waals surface area contributed by atoms with Crippen LogP contribution in [-0.4, -0.2) is 122 Å². The first-order valence-electron chi connectivity index (χ1n) is 0. The van der Waals surface area contributed by atoms with Gasteiger partial charge in [-0.1, -0.05) is 0 Å². The summed E-state index contributed by atoms with van der Waals surface area (Å²) in [5.74, 6) is 0. The van der Waals surface area contributed by atoms with E-state index in [1.165, 1.54) is 0 Å². The smallest absolute Gasteiger partial charge is 1.00 e. The van der Waals surface area contributed by atoms with Gasteiger partial charge in [-0.25, -0.2) is 0 Å². The van der Waals surface area contributed by atoms with E-state index in [9.17, 15) is 0 Å². The molecular weight excluding hydrogens is 129 g/mol. The molecule has 0 aliphatic heterocycles. The maximum atomic E-state index is 0. The Bertz CT molecular complexity index is 15.0. The van der Waals surface area contributed by atoms with E-state index in [1.807, 2.05) is 0 Å². The Morgan fingerprint density at radius 2 is 0.750 bits per heavy atom. The summed E-state index contributed by atoms with van der Waals surface area (Å²) in [6.07, 6.45) is 0. The summed E-state index contributed by atoms with van der Waals surface area (Å²) in [5.41, 5.74) is 0. The van der Waals surface area contributed by atoms with Crippen molar-refractivity contribution >= 4 is 122 Å². The standard InChI is InChI=1S/2Ca.2Mg.8H/q4*+2;8*-1. The van der Waals surface area contributed by atoms with E-state index in [-0.39, 0.29) is 133 Å². The summed E-state index contributed by atoms with van der Waals surface area (Å²) in [6, 6.07) is 0. The van der Waals surface area contributed by atoms with Gasteiger partial charge in [0.1, 0.15) is 0 Å². The molecule has 0 bridgehead atoms. The van der Waals surface area contributed by atoms with Gasteiger partial charge in [0.15, 0.2) is 0 Å². The van der Waals surface area contributed by atoms with Crippen molar-refractivity contribution in [1.82, 2.24) is 0 Å². The second kappa shape index (κ2) is 15.7. The molecule has 0 N–H and O–H groups in total. The molecule has 0 atom stereocenters. The molecule has 0 aromatic carbocycles. The molecule has 0 saturated heterocycles. The first-order chi connectivity index (χ1) is 0. The Kier molecular flexibility index (Phi) is 95.9. The minimum Gasteiger partial charge on any atom is -1.00 e. The normalized spacial score (nSPS) is 0. The van der Waals surface area contributed by atoms with Crippen LogP contribution >= 0.6 is 0 Å². The Morgan fingerprint density at radius 3 is 0.750 bits per heavy atom. The number of hydrogen-bond acceptors (Lipinski definition) is 0. The molecule has 0 aromatic heterocycles. The molecule has 0 aliphatic rings. The Morgan fingerprint density at radius 1 is 0.750 bits per heavy atom. The third-order valence-corrected chi connectivity index (χ3v) is 0. The summed E-state index contributed by atoms with van der Waals surface area (Å²) < 4.78 is 0. The third kappa shape index (κ3) is 9.41. The van der Waals surface area contributed by atoms with E-state index >= 15 is 0 Å². The second-order valence-electron chi connectivity index (χ2n) is 0.